The van der Waals surface area contributed by atoms with Gasteiger partial charge in [-0.25, -0.2) is 0 Å². The van der Waals surface area contributed by atoms with Crippen LogP contribution in [0.5, 0.6) is 0 Å². The van der Waals surface area contributed by atoms with E-state index in [1.54, 1.807) is 5.06 Å². The molecule has 1 spiro atoms. The van der Waals surface area contributed by atoms with Gasteiger partial charge in [0.25, 0.3) is 0 Å². The molecule has 2 heterocycles. The van der Waals surface area contributed by atoms with Gasteiger partial charge in [-0.2, -0.15) is 5.06 Å². The summed E-state index contributed by atoms with van der Waals surface area (Å²) < 4.78 is 12.1. The lowest BCUT2D eigenvalue weighted by molar-refractivity contribution is -0.344. The summed E-state index contributed by atoms with van der Waals surface area (Å²) in [5.41, 5.74) is -0.624. The first-order chi connectivity index (χ1) is 8.90. The number of ether oxygens (including phenoxy) is 2. The first-order valence-corrected chi connectivity index (χ1v) is 7.32. The van der Waals surface area contributed by atoms with Crippen molar-refractivity contribution in [2.75, 3.05) is 13.2 Å². The van der Waals surface area contributed by atoms with E-state index in [1.165, 1.54) is 0 Å². The normalized spacial score (nSPS) is 29.3. The summed E-state index contributed by atoms with van der Waals surface area (Å²) in [7, 11) is 0. The third-order valence-electron chi connectivity index (χ3n) is 4.69. The van der Waals surface area contributed by atoms with Crippen LogP contribution in [0.2, 0.25) is 0 Å². The predicted molar refractivity (Wildman–Crippen MR) is 74.0 cm³/mol. The maximum Gasteiger partial charge on any atom is 0.172 e. The van der Waals surface area contributed by atoms with Crippen molar-refractivity contribution in [3.8, 4) is 0 Å². The minimum atomic E-state index is -0.571. The van der Waals surface area contributed by atoms with Gasteiger partial charge in [0.1, 0.15) is 0 Å². The largest absolute Gasteiger partial charge is 0.346 e. The number of piperidine rings is 1. The molecule has 110 valence electrons. The van der Waals surface area contributed by atoms with Crippen LogP contribution in [0.4, 0.5) is 0 Å². The Hall–Kier alpha value is -0.420. The van der Waals surface area contributed by atoms with Gasteiger partial charge < -0.3 is 14.7 Å². The van der Waals surface area contributed by atoms with Gasteiger partial charge in [-0.15, -0.1) is 0 Å². The van der Waals surface area contributed by atoms with Gasteiger partial charge in [0.15, 0.2) is 5.79 Å². The van der Waals surface area contributed by atoms with Crippen LogP contribution < -0.4 is 0 Å². The summed E-state index contributed by atoms with van der Waals surface area (Å²) in [6, 6.07) is 0. The van der Waals surface area contributed by atoms with Gasteiger partial charge in [-0.05, 0) is 26.7 Å². The zero-order valence-corrected chi connectivity index (χ0v) is 12.6. The van der Waals surface area contributed by atoms with Crippen molar-refractivity contribution in [3.05, 3.63) is 12.2 Å². The maximum absolute atomic E-state index is 10.6. The monoisotopic (exact) mass is 269 g/mol. The Bertz CT molecular complexity index is 337. The van der Waals surface area contributed by atoms with Crippen molar-refractivity contribution in [1.29, 1.82) is 0 Å². The van der Waals surface area contributed by atoms with Crippen molar-refractivity contribution in [2.24, 2.45) is 0 Å². The molecule has 1 saturated heterocycles. The third kappa shape index (κ3) is 2.59. The Morgan fingerprint density at radius 3 is 2.05 bits per heavy atom. The molecular weight excluding hydrogens is 242 g/mol. The van der Waals surface area contributed by atoms with Crippen molar-refractivity contribution in [2.45, 2.75) is 70.2 Å². The standard InChI is InChI=1S/C15H27NO3/c1-5-14(6-2)12-15(11-13(3,4)16(14)17)18-9-7-8-10-19-15/h7-8,17H,5-6,9-12H2,1-4H3. The minimum absolute atomic E-state index is 0.272. The topological polar surface area (TPSA) is 41.9 Å². The average molecular weight is 269 g/mol. The molecule has 0 atom stereocenters. The molecule has 0 aliphatic carbocycles. The zero-order valence-electron chi connectivity index (χ0n) is 12.6. The van der Waals surface area contributed by atoms with Crippen molar-refractivity contribution < 1.29 is 14.7 Å². The van der Waals surface area contributed by atoms with Crippen molar-refractivity contribution in [1.82, 2.24) is 5.06 Å². The maximum atomic E-state index is 10.6. The molecule has 0 bridgehead atoms. The number of hydroxylamine groups is 2. The van der Waals surface area contributed by atoms with Gasteiger partial charge in [0.2, 0.25) is 0 Å². The van der Waals surface area contributed by atoms with E-state index in [9.17, 15) is 5.21 Å². The van der Waals surface area contributed by atoms with E-state index in [2.05, 4.69) is 27.7 Å². The molecule has 1 N–H and O–H groups in total. The third-order valence-corrected chi connectivity index (χ3v) is 4.69. The molecule has 0 unspecified atom stereocenters. The summed E-state index contributed by atoms with van der Waals surface area (Å²) in [4.78, 5) is 0. The Kier molecular flexibility index (Phi) is 4.07. The molecule has 4 heteroatoms. The molecule has 0 saturated carbocycles. The molecule has 2 aliphatic heterocycles. The minimum Gasteiger partial charge on any atom is -0.346 e. The second-order valence-electron chi connectivity index (χ2n) is 6.41. The second-order valence-corrected chi connectivity index (χ2v) is 6.41. The summed E-state index contributed by atoms with van der Waals surface area (Å²) in [5, 5.41) is 12.2. The Labute approximate surface area is 116 Å². The van der Waals surface area contributed by atoms with Crippen molar-refractivity contribution >= 4 is 0 Å². The van der Waals surface area contributed by atoms with Gasteiger partial charge >= 0.3 is 0 Å². The van der Waals surface area contributed by atoms with Gasteiger partial charge in [0.05, 0.1) is 18.8 Å². The highest BCUT2D eigenvalue weighted by Crippen LogP contribution is 2.48. The Balaban J connectivity index is 2.33. The molecular formula is C15H27NO3. The highest BCUT2D eigenvalue weighted by molar-refractivity contribution is 5.05. The fourth-order valence-corrected chi connectivity index (χ4v) is 3.60. The predicted octanol–water partition coefficient (Wildman–Crippen LogP) is 3.11. The Morgan fingerprint density at radius 2 is 1.58 bits per heavy atom. The van der Waals surface area contributed by atoms with Crippen LogP contribution in [-0.4, -0.2) is 40.3 Å². The van der Waals surface area contributed by atoms with Gasteiger partial charge in [-0.3, -0.25) is 0 Å². The number of hydrogen-bond donors (Lipinski definition) is 1. The van der Waals surface area contributed by atoms with Crippen LogP contribution in [0.3, 0.4) is 0 Å². The summed E-state index contributed by atoms with van der Waals surface area (Å²) in [6.07, 6.45) is 7.17. The second kappa shape index (κ2) is 5.17. The number of nitrogens with zero attached hydrogens (tertiary/aromatic N) is 1. The van der Waals surface area contributed by atoms with Crippen LogP contribution in [0.15, 0.2) is 12.2 Å². The summed E-state index contributed by atoms with van der Waals surface area (Å²) in [6.45, 7) is 9.53. The lowest BCUT2D eigenvalue weighted by Gasteiger charge is -2.57. The lowest BCUT2D eigenvalue weighted by Crippen LogP contribution is -2.67. The quantitative estimate of drug-likeness (QED) is 0.782. The lowest BCUT2D eigenvalue weighted by atomic mass is 9.73. The molecule has 0 aromatic rings. The van der Waals surface area contributed by atoms with Gasteiger partial charge in [0, 0.05) is 18.4 Å². The van der Waals surface area contributed by atoms with E-state index in [0.717, 1.165) is 12.8 Å². The van der Waals surface area contributed by atoms with Crippen LogP contribution in [0, 0.1) is 0 Å². The fourth-order valence-electron chi connectivity index (χ4n) is 3.60. The molecule has 0 amide bonds. The first kappa shape index (κ1) is 15.0. The zero-order chi connectivity index (χ0) is 14.1. The molecule has 0 aromatic carbocycles. The molecule has 4 nitrogen and oxygen atoms in total. The molecule has 2 aliphatic rings. The molecule has 1 fully saturated rings. The van der Waals surface area contributed by atoms with Crippen LogP contribution in [0.25, 0.3) is 0 Å². The van der Waals surface area contributed by atoms with E-state index in [-0.39, 0.29) is 11.1 Å². The van der Waals surface area contributed by atoms with Crippen LogP contribution in [0.1, 0.15) is 53.4 Å². The van der Waals surface area contributed by atoms with E-state index in [1.807, 2.05) is 12.2 Å². The molecule has 2 rings (SSSR count). The Morgan fingerprint density at radius 1 is 1.05 bits per heavy atom. The van der Waals surface area contributed by atoms with Crippen molar-refractivity contribution in [3.63, 3.8) is 0 Å². The smallest absolute Gasteiger partial charge is 0.172 e. The molecule has 19 heavy (non-hydrogen) atoms. The number of hydrogen-bond acceptors (Lipinski definition) is 4. The van der Waals surface area contributed by atoms with Crippen LogP contribution in [-0.2, 0) is 9.47 Å². The highest BCUT2D eigenvalue weighted by Gasteiger charge is 2.56. The van der Waals surface area contributed by atoms with E-state index in [4.69, 9.17) is 9.47 Å². The highest BCUT2D eigenvalue weighted by atomic mass is 16.7. The van der Waals surface area contributed by atoms with E-state index < -0.39 is 5.79 Å². The molecule has 0 aromatic heterocycles. The molecule has 0 radical (unpaired) electrons. The number of rotatable bonds is 2. The fraction of sp³-hybridized carbons (Fsp3) is 0.867. The SMILES string of the molecule is CCC1(CC)CC2(CC(C)(C)N1O)OCC=CCO2. The van der Waals surface area contributed by atoms with Crippen LogP contribution >= 0.6 is 0 Å². The summed E-state index contributed by atoms with van der Waals surface area (Å²) in [5.74, 6) is -0.571. The first-order valence-electron chi connectivity index (χ1n) is 7.32. The van der Waals surface area contributed by atoms with E-state index in [0.29, 0.717) is 26.1 Å². The summed E-state index contributed by atoms with van der Waals surface area (Å²) >= 11 is 0. The van der Waals surface area contributed by atoms with E-state index >= 15 is 0 Å². The van der Waals surface area contributed by atoms with Gasteiger partial charge in [-0.1, -0.05) is 26.0 Å². The average Bonchev–Trinajstić information content (AvgIpc) is 2.59.